The number of nitrogens with zero attached hydrogens (tertiary/aromatic N) is 3. The minimum atomic E-state index is -0.0852. The van der Waals surface area contributed by atoms with Crippen LogP contribution >= 0.6 is 27.3 Å². The lowest BCUT2D eigenvalue weighted by atomic mass is 10.3. The van der Waals surface area contributed by atoms with Gasteiger partial charge in [-0.25, -0.2) is 9.67 Å². The summed E-state index contributed by atoms with van der Waals surface area (Å²) < 4.78 is 2.05. The molecule has 0 saturated carbocycles. The van der Waals surface area contributed by atoms with E-state index in [1.165, 1.54) is 4.68 Å². The highest BCUT2D eigenvalue weighted by atomic mass is 79.9. The zero-order chi connectivity index (χ0) is 15.2. The van der Waals surface area contributed by atoms with Crippen LogP contribution in [0.25, 0.3) is 0 Å². The van der Waals surface area contributed by atoms with Crippen LogP contribution in [0, 0.1) is 6.92 Å². The van der Waals surface area contributed by atoms with Gasteiger partial charge in [0.1, 0.15) is 4.47 Å². The van der Waals surface area contributed by atoms with Crippen molar-refractivity contribution in [3.05, 3.63) is 37.1 Å². The standard InChI is InChI=1S/C14H19BrN4OS/c1-3-4-7-19-14(20)13(15)12(8-17-19)16-6-5-11-9-21-10(2)18-11/h8-9,16H,3-7H2,1-2H3. The summed E-state index contributed by atoms with van der Waals surface area (Å²) in [5.74, 6) is 0. The Morgan fingerprint density at radius 1 is 1.48 bits per heavy atom. The van der Waals surface area contributed by atoms with Crippen molar-refractivity contribution in [3.63, 3.8) is 0 Å². The van der Waals surface area contributed by atoms with E-state index >= 15 is 0 Å². The lowest BCUT2D eigenvalue weighted by Crippen LogP contribution is -2.24. The third kappa shape index (κ3) is 4.38. The molecule has 21 heavy (non-hydrogen) atoms. The second-order valence-corrected chi connectivity index (χ2v) is 6.64. The Bertz CT molecular complexity index is 653. The first kappa shape index (κ1) is 16.2. The van der Waals surface area contributed by atoms with Gasteiger partial charge in [-0.3, -0.25) is 4.79 Å². The van der Waals surface area contributed by atoms with Crippen molar-refractivity contribution in [3.8, 4) is 0 Å². The summed E-state index contributed by atoms with van der Waals surface area (Å²) in [6, 6.07) is 0. The van der Waals surface area contributed by atoms with Gasteiger partial charge in [0.15, 0.2) is 0 Å². The number of rotatable bonds is 7. The minimum Gasteiger partial charge on any atom is -0.382 e. The summed E-state index contributed by atoms with van der Waals surface area (Å²) in [4.78, 5) is 16.5. The van der Waals surface area contributed by atoms with E-state index in [9.17, 15) is 4.79 Å². The molecule has 2 aromatic heterocycles. The van der Waals surface area contributed by atoms with Crippen molar-refractivity contribution < 1.29 is 0 Å². The molecule has 1 N–H and O–H groups in total. The fourth-order valence-electron chi connectivity index (χ4n) is 1.90. The van der Waals surface area contributed by atoms with Gasteiger partial charge in [0.2, 0.25) is 0 Å². The molecule has 2 heterocycles. The van der Waals surface area contributed by atoms with Crippen LogP contribution in [-0.4, -0.2) is 21.3 Å². The Morgan fingerprint density at radius 2 is 2.29 bits per heavy atom. The van der Waals surface area contributed by atoms with Crippen molar-refractivity contribution in [1.82, 2.24) is 14.8 Å². The number of hydrogen-bond acceptors (Lipinski definition) is 5. The fraction of sp³-hybridized carbons (Fsp3) is 0.500. The SMILES string of the molecule is CCCCn1ncc(NCCc2csc(C)n2)c(Br)c1=O. The normalized spacial score (nSPS) is 10.8. The maximum absolute atomic E-state index is 12.1. The van der Waals surface area contributed by atoms with E-state index in [0.717, 1.165) is 42.2 Å². The van der Waals surface area contributed by atoms with E-state index in [2.05, 4.69) is 43.6 Å². The van der Waals surface area contributed by atoms with Crippen molar-refractivity contribution in [2.75, 3.05) is 11.9 Å². The molecular weight excluding hydrogens is 352 g/mol. The summed E-state index contributed by atoms with van der Waals surface area (Å²) in [6.07, 6.45) is 4.53. The molecule has 0 aliphatic heterocycles. The molecule has 0 unspecified atom stereocenters. The predicted molar refractivity (Wildman–Crippen MR) is 90.1 cm³/mol. The number of aromatic nitrogens is 3. The van der Waals surface area contributed by atoms with Crippen LogP contribution < -0.4 is 10.9 Å². The van der Waals surface area contributed by atoms with E-state index in [4.69, 9.17) is 0 Å². The molecule has 0 fully saturated rings. The molecule has 0 radical (unpaired) electrons. The second-order valence-electron chi connectivity index (χ2n) is 4.79. The van der Waals surface area contributed by atoms with Crippen molar-refractivity contribution >= 4 is 33.0 Å². The van der Waals surface area contributed by atoms with Crippen LogP contribution in [0.2, 0.25) is 0 Å². The molecule has 0 saturated heterocycles. The van der Waals surface area contributed by atoms with Crippen LogP contribution in [0.1, 0.15) is 30.5 Å². The van der Waals surface area contributed by atoms with Crippen molar-refractivity contribution in [1.29, 1.82) is 0 Å². The summed E-state index contributed by atoms with van der Waals surface area (Å²) in [7, 11) is 0. The Balaban J connectivity index is 1.97. The Labute approximate surface area is 136 Å². The molecule has 5 nitrogen and oxygen atoms in total. The van der Waals surface area contributed by atoms with Gasteiger partial charge in [0.25, 0.3) is 5.56 Å². The van der Waals surface area contributed by atoms with Crippen molar-refractivity contribution in [2.45, 2.75) is 39.7 Å². The first-order chi connectivity index (χ1) is 10.1. The fourth-order valence-corrected chi connectivity index (χ4v) is 3.00. The van der Waals surface area contributed by atoms with Gasteiger partial charge in [-0.15, -0.1) is 11.3 Å². The van der Waals surface area contributed by atoms with E-state index in [-0.39, 0.29) is 5.56 Å². The molecule has 2 rings (SSSR count). The van der Waals surface area contributed by atoms with Crippen LogP contribution in [0.4, 0.5) is 5.69 Å². The lowest BCUT2D eigenvalue weighted by molar-refractivity contribution is 0.541. The number of halogens is 1. The van der Waals surface area contributed by atoms with Crippen LogP contribution in [0.5, 0.6) is 0 Å². The Kier molecular flexibility index (Phi) is 5.93. The zero-order valence-electron chi connectivity index (χ0n) is 12.2. The summed E-state index contributed by atoms with van der Waals surface area (Å²) in [5, 5.41) is 10.6. The van der Waals surface area contributed by atoms with E-state index in [0.29, 0.717) is 11.0 Å². The Hall–Kier alpha value is -1.21. The van der Waals surface area contributed by atoms with Gasteiger partial charge in [-0.05, 0) is 29.3 Å². The van der Waals surface area contributed by atoms with E-state index in [1.54, 1.807) is 17.5 Å². The van der Waals surface area contributed by atoms with Crippen LogP contribution in [0.3, 0.4) is 0 Å². The molecule has 0 spiro atoms. The largest absolute Gasteiger partial charge is 0.382 e. The maximum atomic E-state index is 12.1. The highest BCUT2D eigenvalue weighted by Gasteiger charge is 2.08. The molecule has 0 aliphatic carbocycles. The first-order valence-electron chi connectivity index (χ1n) is 7.02. The van der Waals surface area contributed by atoms with Crippen molar-refractivity contribution in [2.24, 2.45) is 0 Å². The first-order valence-corrected chi connectivity index (χ1v) is 8.69. The molecular formula is C14H19BrN4OS. The summed E-state index contributed by atoms with van der Waals surface area (Å²) >= 11 is 5.02. The average Bonchev–Trinajstić information content (AvgIpc) is 2.88. The van der Waals surface area contributed by atoms with E-state index < -0.39 is 0 Å². The zero-order valence-corrected chi connectivity index (χ0v) is 14.6. The lowest BCUT2D eigenvalue weighted by Gasteiger charge is -2.09. The van der Waals surface area contributed by atoms with Crippen LogP contribution in [-0.2, 0) is 13.0 Å². The number of thiazole rings is 1. The third-order valence-corrected chi connectivity index (χ3v) is 4.66. The number of unbranched alkanes of at least 4 members (excludes halogenated alkanes) is 1. The second kappa shape index (κ2) is 7.70. The third-order valence-electron chi connectivity index (χ3n) is 3.07. The van der Waals surface area contributed by atoms with Gasteiger partial charge in [-0.1, -0.05) is 13.3 Å². The Morgan fingerprint density at radius 3 is 2.95 bits per heavy atom. The molecule has 2 aromatic rings. The smallest absolute Gasteiger partial charge is 0.283 e. The molecule has 7 heteroatoms. The molecule has 0 bridgehead atoms. The number of hydrogen-bond donors (Lipinski definition) is 1. The predicted octanol–water partition coefficient (Wildman–Crippen LogP) is 3.23. The maximum Gasteiger partial charge on any atom is 0.283 e. The molecule has 0 aromatic carbocycles. The monoisotopic (exact) mass is 370 g/mol. The summed E-state index contributed by atoms with van der Waals surface area (Å²) in [5.41, 5.74) is 1.73. The number of aryl methyl sites for hydroxylation is 2. The van der Waals surface area contributed by atoms with Gasteiger partial charge in [-0.2, -0.15) is 5.10 Å². The minimum absolute atomic E-state index is 0.0852. The summed E-state index contributed by atoms with van der Waals surface area (Å²) in [6.45, 7) is 5.47. The van der Waals surface area contributed by atoms with Gasteiger partial charge in [0.05, 0.1) is 22.6 Å². The topological polar surface area (TPSA) is 59.8 Å². The van der Waals surface area contributed by atoms with Gasteiger partial charge in [0, 0.05) is 24.9 Å². The van der Waals surface area contributed by atoms with Gasteiger partial charge >= 0.3 is 0 Å². The van der Waals surface area contributed by atoms with E-state index in [1.807, 2.05) is 6.92 Å². The molecule has 0 aliphatic rings. The van der Waals surface area contributed by atoms with Gasteiger partial charge < -0.3 is 5.32 Å². The molecule has 0 amide bonds. The van der Waals surface area contributed by atoms with Crippen LogP contribution in [0.15, 0.2) is 20.8 Å². The number of anilines is 1. The average molecular weight is 371 g/mol. The molecule has 114 valence electrons. The number of nitrogens with one attached hydrogen (secondary N) is 1. The quantitative estimate of drug-likeness (QED) is 0.812. The molecule has 0 atom stereocenters. The highest BCUT2D eigenvalue weighted by Crippen LogP contribution is 2.16. The highest BCUT2D eigenvalue weighted by molar-refractivity contribution is 9.10.